The van der Waals surface area contributed by atoms with Crippen LogP contribution in [0.15, 0.2) is 164 Å². The molecule has 0 N–H and O–H groups in total. The molecule has 0 unspecified atom stereocenters. The highest BCUT2D eigenvalue weighted by Crippen LogP contribution is 2.41. The zero-order chi connectivity index (χ0) is 34.9. The standard InChI is InChI=1S/C46H27N5S2/c1-3-11-28(12-4-1)43-48-44(29-13-5-2-6-14-29)50-45(49-43)31-21-24-37-42(25-31)53-46(47-37)30-19-22-32(23-20-30)51-38-17-9-7-15-33(38)35-26-36-34-16-8-10-18-40(34)52-41(36)27-39(35)51/h1-27H. The summed E-state index contributed by atoms with van der Waals surface area (Å²) in [5, 5.41) is 6.15. The van der Waals surface area contributed by atoms with Crippen molar-refractivity contribution in [2.75, 3.05) is 0 Å². The summed E-state index contributed by atoms with van der Waals surface area (Å²) in [6.07, 6.45) is 0. The van der Waals surface area contributed by atoms with Gasteiger partial charge in [0.1, 0.15) is 5.01 Å². The first-order valence-corrected chi connectivity index (χ1v) is 19.1. The smallest absolute Gasteiger partial charge is 0.164 e. The lowest BCUT2D eigenvalue weighted by Gasteiger charge is -2.08. The summed E-state index contributed by atoms with van der Waals surface area (Å²) in [6, 6.07) is 57.4. The number of aromatic nitrogens is 5. The first-order valence-electron chi connectivity index (χ1n) is 17.5. The number of para-hydroxylation sites is 1. The average Bonchev–Trinajstić information content (AvgIpc) is 3.92. The SMILES string of the molecule is c1ccc(-c2nc(-c3ccccc3)nc(-c3ccc4nc(-c5ccc(-n6c7ccccc7c7cc8c(cc76)sc6ccccc68)cc5)sc4c3)n2)cc1. The third kappa shape index (κ3) is 5.04. The molecule has 0 amide bonds. The Balaban J connectivity index is 0.979. The van der Waals surface area contributed by atoms with E-state index in [0.717, 1.165) is 43.2 Å². The monoisotopic (exact) mass is 713 g/mol. The lowest BCUT2D eigenvalue weighted by molar-refractivity contribution is 1.07. The van der Waals surface area contributed by atoms with E-state index in [0.29, 0.717) is 17.5 Å². The summed E-state index contributed by atoms with van der Waals surface area (Å²) in [7, 11) is 0. The molecule has 4 aromatic heterocycles. The maximum atomic E-state index is 5.06. The van der Waals surface area contributed by atoms with Crippen molar-refractivity contribution in [2.24, 2.45) is 0 Å². The number of fused-ring (bicyclic) bond motifs is 7. The van der Waals surface area contributed by atoms with Crippen LogP contribution in [0.25, 0.3) is 103 Å². The quantitative estimate of drug-likeness (QED) is 0.178. The molecule has 11 aromatic rings. The van der Waals surface area contributed by atoms with Gasteiger partial charge in [0.2, 0.25) is 0 Å². The fraction of sp³-hybridized carbons (Fsp3) is 0. The zero-order valence-corrected chi connectivity index (χ0v) is 29.8. The molecule has 0 radical (unpaired) electrons. The summed E-state index contributed by atoms with van der Waals surface area (Å²) in [5.41, 5.74) is 8.42. The molecule has 7 heteroatoms. The second-order valence-electron chi connectivity index (χ2n) is 13.1. The van der Waals surface area contributed by atoms with Crippen LogP contribution in [0.5, 0.6) is 0 Å². The van der Waals surface area contributed by atoms with Crippen LogP contribution in [-0.4, -0.2) is 24.5 Å². The predicted octanol–water partition coefficient (Wildman–Crippen LogP) is 12.6. The molecule has 4 heterocycles. The Morgan fingerprint density at radius 1 is 0.358 bits per heavy atom. The van der Waals surface area contributed by atoms with Crippen molar-refractivity contribution < 1.29 is 0 Å². The molecular formula is C46H27N5S2. The minimum absolute atomic E-state index is 0.637. The molecule has 0 fully saturated rings. The van der Waals surface area contributed by atoms with E-state index >= 15 is 0 Å². The molecule has 0 saturated heterocycles. The van der Waals surface area contributed by atoms with Gasteiger partial charge in [-0.05, 0) is 66.7 Å². The fourth-order valence-corrected chi connectivity index (χ4v) is 9.47. The number of hydrogen-bond donors (Lipinski definition) is 0. The van der Waals surface area contributed by atoms with Crippen molar-refractivity contribution in [2.45, 2.75) is 0 Å². The summed E-state index contributed by atoms with van der Waals surface area (Å²) in [4.78, 5) is 19.8. The van der Waals surface area contributed by atoms with Crippen LogP contribution in [0, 0.1) is 0 Å². The van der Waals surface area contributed by atoms with Gasteiger partial charge in [-0.2, -0.15) is 0 Å². The molecule has 0 aliphatic heterocycles. The molecule has 11 rings (SSSR count). The largest absolute Gasteiger partial charge is 0.309 e. The fourth-order valence-electron chi connectivity index (χ4n) is 7.34. The van der Waals surface area contributed by atoms with Crippen LogP contribution in [0.2, 0.25) is 0 Å². The minimum atomic E-state index is 0.637. The topological polar surface area (TPSA) is 56.5 Å². The first kappa shape index (κ1) is 30.1. The van der Waals surface area contributed by atoms with Crippen LogP contribution < -0.4 is 0 Å². The number of thiazole rings is 1. The molecule has 0 atom stereocenters. The van der Waals surface area contributed by atoms with E-state index in [9.17, 15) is 0 Å². The van der Waals surface area contributed by atoms with Gasteiger partial charge in [0.25, 0.3) is 0 Å². The Bertz CT molecular complexity index is 3100. The van der Waals surface area contributed by atoms with Crippen molar-refractivity contribution in [1.82, 2.24) is 24.5 Å². The molecule has 0 spiro atoms. The van der Waals surface area contributed by atoms with E-state index in [2.05, 4.69) is 108 Å². The highest BCUT2D eigenvalue weighted by molar-refractivity contribution is 7.25. The lowest BCUT2D eigenvalue weighted by Crippen LogP contribution is -1.99. The van der Waals surface area contributed by atoms with Crippen LogP contribution in [0.3, 0.4) is 0 Å². The second kappa shape index (κ2) is 12.0. The van der Waals surface area contributed by atoms with Gasteiger partial charge >= 0.3 is 0 Å². The van der Waals surface area contributed by atoms with E-state index in [-0.39, 0.29) is 0 Å². The molecule has 5 nitrogen and oxygen atoms in total. The van der Waals surface area contributed by atoms with Gasteiger partial charge in [0, 0.05) is 58.9 Å². The molecule has 0 aliphatic rings. The van der Waals surface area contributed by atoms with Gasteiger partial charge in [-0.1, -0.05) is 97.1 Å². The summed E-state index contributed by atoms with van der Waals surface area (Å²) < 4.78 is 6.10. The Morgan fingerprint density at radius 3 is 1.72 bits per heavy atom. The molecule has 0 aliphatic carbocycles. The van der Waals surface area contributed by atoms with Crippen LogP contribution in [0.1, 0.15) is 0 Å². The van der Waals surface area contributed by atoms with Crippen LogP contribution >= 0.6 is 22.7 Å². The molecule has 0 saturated carbocycles. The second-order valence-corrected chi connectivity index (χ2v) is 15.2. The Hall–Kier alpha value is -6.54. The van der Waals surface area contributed by atoms with E-state index in [1.54, 1.807) is 11.3 Å². The Morgan fingerprint density at radius 2 is 0.981 bits per heavy atom. The minimum Gasteiger partial charge on any atom is -0.309 e. The number of rotatable bonds is 5. The van der Waals surface area contributed by atoms with Gasteiger partial charge in [0.15, 0.2) is 17.5 Å². The van der Waals surface area contributed by atoms with Gasteiger partial charge in [-0.25, -0.2) is 19.9 Å². The van der Waals surface area contributed by atoms with Crippen molar-refractivity contribution in [3.8, 4) is 50.4 Å². The number of thiophene rings is 1. The third-order valence-electron chi connectivity index (χ3n) is 9.89. The maximum Gasteiger partial charge on any atom is 0.164 e. The third-order valence-corrected chi connectivity index (χ3v) is 12.1. The summed E-state index contributed by atoms with van der Waals surface area (Å²) in [6.45, 7) is 0. The van der Waals surface area contributed by atoms with Crippen LogP contribution in [-0.2, 0) is 0 Å². The normalized spacial score (nSPS) is 11.8. The van der Waals surface area contributed by atoms with E-state index in [1.807, 2.05) is 72.0 Å². The highest BCUT2D eigenvalue weighted by Gasteiger charge is 2.17. The molecule has 248 valence electrons. The lowest BCUT2D eigenvalue weighted by atomic mass is 10.1. The maximum absolute atomic E-state index is 5.06. The van der Waals surface area contributed by atoms with Gasteiger partial charge in [0.05, 0.1) is 21.3 Å². The Labute approximate surface area is 312 Å². The van der Waals surface area contributed by atoms with E-state index in [1.165, 1.54) is 42.0 Å². The number of benzene rings is 7. The van der Waals surface area contributed by atoms with Crippen molar-refractivity contribution >= 4 is 74.9 Å². The molecule has 53 heavy (non-hydrogen) atoms. The van der Waals surface area contributed by atoms with Gasteiger partial charge in [-0.3, -0.25) is 0 Å². The average molecular weight is 714 g/mol. The number of nitrogens with zero attached hydrogens (tertiary/aromatic N) is 5. The van der Waals surface area contributed by atoms with Crippen molar-refractivity contribution in [3.63, 3.8) is 0 Å². The molecule has 7 aromatic carbocycles. The van der Waals surface area contributed by atoms with Gasteiger partial charge in [-0.15, -0.1) is 22.7 Å². The Kier molecular flexibility index (Phi) is 6.83. The van der Waals surface area contributed by atoms with Crippen molar-refractivity contribution in [1.29, 1.82) is 0 Å². The highest BCUT2D eigenvalue weighted by atomic mass is 32.1. The number of hydrogen-bond acceptors (Lipinski definition) is 6. The molecular weight excluding hydrogens is 687 g/mol. The van der Waals surface area contributed by atoms with Crippen molar-refractivity contribution in [3.05, 3.63) is 164 Å². The summed E-state index contributed by atoms with van der Waals surface area (Å²) in [5.74, 6) is 1.94. The summed E-state index contributed by atoms with van der Waals surface area (Å²) >= 11 is 3.54. The predicted molar refractivity (Wildman–Crippen MR) is 222 cm³/mol. The van der Waals surface area contributed by atoms with Gasteiger partial charge < -0.3 is 4.57 Å². The first-order chi connectivity index (χ1) is 26.2. The molecule has 0 bridgehead atoms. The zero-order valence-electron chi connectivity index (χ0n) is 28.1. The van der Waals surface area contributed by atoms with E-state index < -0.39 is 0 Å². The van der Waals surface area contributed by atoms with Crippen LogP contribution in [0.4, 0.5) is 0 Å². The van der Waals surface area contributed by atoms with E-state index in [4.69, 9.17) is 19.9 Å².